The molecule has 1 N–H and O–H groups in total. The van der Waals surface area contributed by atoms with Crippen molar-refractivity contribution in [3.05, 3.63) is 0 Å². The lowest BCUT2D eigenvalue weighted by molar-refractivity contribution is -0.130. The molecule has 0 saturated carbocycles. The monoisotopic (exact) mass is 256 g/mol. The summed E-state index contributed by atoms with van der Waals surface area (Å²) in [6.45, 7) is 6.95. The van der Waals surface area contributed by atoms with E-state index in [9.17, 15) is 9.59 Å². The standard InChI is InChI=1S/C13H24N2O3/c1-5-9(2)14-13(17)11-6-12(16)15(7-11)10(3)8-18-4/h9-11H,5-8H2,1-4H3,(H,14,17)/t9-,10-,11+/m0/s1. The number of nitrogens with zero attached hydrogens (tertiary/aromatic N) is 1. The molecule has 0 unspecified atom stereocenters. The summed E-state index contributed by atoms with van der Waals surface area (Å²) in [6.07, 6.45) is 1.21. The number of carbonyl (C=O) groups is 2. The van der Waals surface area contributed by atoms with E-state index in [1.165, 1.54) is 0 Å². The maximum atomic E-state index is 12.0. The van der Waals surface area contributed by atoms with Crippen LogP contribution in [0.3, 0.4) is 0 Å². The topological polar surface area (TPSA) is 58.6 Å². The first-order valence-corrected chi connectivity index (χ1v) is 6.58. The maximum absolute atomic E-state index is 12.0. The summed E-state index contributed by atoms with van der Waals surface area (Å²) in [7, 11) is 1.62. The largest absolute Gasteiger partial charge is 0.383 e. The molecule has 2 amide bonds. The van der Waals surface area contributed by atoms with Gasteiger partial charge in [-0.05, 0) is 20.3 Å². The molecular weight excluding hydrogens is 232 g/mol. The van der Waals surface area contributed by atoms with E-state index < -0.39 is 0 Å². The van der Waals surface area contributed by atoms with Gasteiger partial charge in [0.1, 0.15) is 0 Å². The SMILES string of the molecule is CC[C@H](C)NC(=O)[C@@H]1CC(=O)N([C@@H](C)COC)C1. The molecule has 5 nitrogen and oxygen atoms in total. The number of carbonyl (C=O) groups excluding carboxylic acids is 2. The van der Waals surface area contributed by atoms with E-state index in [2.05, 4.69) is 5.32 Å². The Morgan fingerprint density at radius 3 is 2.78 bits per heavy atom. The molecule has 3 atom stereocenters. The minimum atomic E-state index is -0.217. The Hall–Kier alpha value is -1.10. The van der Waals surface area contributed by atoms with Crippen molar-refractivity contribution in [3.8, 4) is 0 Å². The third kappa shape index (κ3) is 3.70. The predicted octanol–water partition coefficient (Wildman–Crippen LogP) is 0.785. The molecule has 1 aliphatic rings. The Balaban J connectivity index is 2.52. The van der Waals surface area contributed by atoms with Crippen LogP contribution in [0.25, 0.3) is 0 Å². The van der Waals surface area contributed by atoms with E-state index in [-0.39, 0.29) is 29.8 Å². The number of amides is 2. The third-order valence-corrected chi connectivity index (χ3v) is 3.47. The maximum Gasteiger partial charge on any atom is 0.225 e. The van der Waals surface area contributed by atoms with Gasteiger partial charge in [-0.15, -0.1) is 0 Å². The molecule has 0 bridgehead atoms. The zero-order valence-electron chi connectivity index (χ0n) is 11.7. The molecule has 1 aliphatic heterocycles. The smallest absolute Gasteiger partial charge is 0.225 e. The van der Waals surface area contributed by atoms with Gasteiger partial charge in [-0.25, -0.2) is 0 Å². The molecule has 1 heterocycles. The summed E-state index contributed by atoms with van der Waals surface area (Å²) < 4.78 is 5.05. The second-order valence-electron chi connectivity index (χ2n) is 5.07. The minimum absolute atomic E-state index is 0.00943. The number of ether oxygens (including phenoxy) is 1. The summed E-state index contributed by atoms with van der Waals surface area (Å²) in [5.41, 5.74) is 0. The highest BCUT2D eigenvalue weighted by Crippen LogP contribution is 2.20. The molecule has 104 valence electrons. The Bertz CT molecular complexity index is 307. The highest BCUT2D eigenvalue weighted by molar-refractivity contribution is 5.89. The Labute approximate surface area is 109 Å². The number of methoxy groups -OCH3 is 1. The van der Waals surface area contributed by atoms with E-state index in [4.69, 9.17) is 4.74 Å². The van der Waals surface area contributed by atoms with Gasteiger partial charge in [-0.1, -0.05) is 6.92 Å². The van der Waals surface area contributed by atoms with Gasteiger partial charge < -0.3 is 15.0 Å². The van der Waals surface area contributed by atoms with Crippen molar-refractivity contribution in [2.75, 3.05) is 20.3 Å². The van der Waals surface area contributed by atoms with Crippen LogP contribution in [0.2, 0.25) is 0 Å². The Morgan fingerprint density at radius 1 is 1.56 bits per heavy atom. The summed E-state index contributed by atoms with van der Waals surface area (Å²) in [5, 5.41) is 2.93. The first-order chi connectivity index (χ1) is 8.49. The van der Waals surface area contributed by atoms with E-state index in [0.717, 1.165) is 6.42 Å². The van der Waals surface area contributed by atoms with Gasteiger partial charge in [0.2, 0.25) is 11.8 Å². The molecule has 18 heavy (non-hydrogen) atoms. The Morgan fingerprint density at radius 2 is 2.22 bits per heavy atom. The highest BCUT2D eigenvalue weighted by Gasteiger charge is 2.36. The normalized spacial score (nSPS) is 23.0. The molecule has 1 rings (SSSR count). The minimum Gasteiger partial charge on any atom is -0.383 e. The molecule has 5 heteroatoms. The van der Waals surface area contributed by atoms with Gasteiger partial charge in [0.05, 0.1) is 18.6 Å². The lowest BCUT2D eigenvalue weighted by Crippen LogP contribution is -2.40. The molecule has 1 saturated heterocycles. The zero-order valence-corrected chi connectivity index (χ0v) is 11.7. The molecule has 0 radical (unpaired) electrons. The van der Waals surface area contributed by atoms with Crippen LogP contribution in [0.1, 0.15) is 33.6 Å². The number of rotatable bonds is 6. The van der Waals surface area contributed by atoms with Crippen molar-refractivity contribution in [3.63, 3.8) is 0 Å². The molecule has 0 aromatic heterocycles. The summed E-state index contributed by atoms with van der Waals surface area (Å²) >= 11 is 0. The summed E-state index contributed by atoms with van der Waals surface area (Å²) in [5.74, 6) is -0.181. The first-order valence-electron chi connectivity index (χ1n) is 6.58. The van der Waals surface area contributed by atoms with Gasteiger partial charge >= 0.3 is 0 Å². The van der Waals surface area contributed by atoms with E-state index in [0.29, 0.717) is 19.6 Å². The lowest BCUT2D eigenvalue weighted by atomic mass is 10.1. The average Bonchev–Trinajstić information content (AvgIpc) is 2.71. The van der Waals surface area contributed by atoms with Crippen LogP contribution in [0, 0.1) is 5.92 Å². The van der Waals surface area contributed by atoms with Crippen LogP contribution >= 0.6 is 0 Å². The molecule has 0 spiro atoms. The number of hydrogen-bond acceptors (Lipinski definition) is 3. The highest BCUT2D eigenvalue weighted by atomic mass is 16.5. The van der Waals surface area contributed by atoms with Crippen LogP contribution in [0.4, 0.5) is 0 Å². The second-order valence-corrected chi connectivity index (χ2v) is 5.07. The van der Waals surface area contributed by atoms with Crippen LogP contribution in [-0.4, -0.2) is 49.1 Å². The van der Waals surface area contributed by atoms with Crippen molar-refractivity contribution < 1.29 is 14.3 Å². The number of likely N-dealkylation sites (tertiary alicyclic amines) is 1. The van der Waals surface area contributed by atoms with Crippen molar-refractivity contribution in [2.24, 2.45) is 5.92 Å². The van der Waals surface area contributed by atoms with Crippen LogP contribution < -0.4 is 5.32 Å². The van der Waals surface area contributed by atoms with E-state index in [1.807, 2.05) is 20.8 Å². The quantitative estimate of drug-likeness (QED) is 0.764. The molecule has 0 aromatic carbocycles. The number of hydrogen-bond donors (Lipinski definition) is 1. The average molecular weight is 256 g/mol. The first kappa shape index (κ1) is 15.0. The van der Waals surface area contributed by atoms with Crippen LogP contribution in [0.15, 0.2) is 0 Å². The van der Waals surface area contributed by atoms with E-state index in [1.54, 1.807) is 12.0 Å². The van der Waals surface area contributed by atoms with Crippen molar-refractivity contribution in [1.29, 1.82) is 0 Å². The van der Waals surface area contributed by atoms with Crippen molar-refractivity contribution >= 4 is 11.8 Å². The van der Waals surface area contributed by atoms with Gasteiger partial charge in [0.25, 0.3) is 0 Å². The molecule has 1 fully saturated rings. The fraction of sp³-hybridized carbons (Fsp3) is 0.846. The van der Waals surface area contributed by atoms with Crippen molar-refractivity contribution in [1.82, 2.24) is 10.2 Å². The fourth-order valence-electron chi connectivity index (χ4n) is 2.13. The molecule has 0 aromatic rings. The molecule has 0 aliphatic carbocycles. The van der Waals surface area contributed by atoms with Gasteiger partial charge in [0, 0.05) is 26.1 Å². The van der Waals surface area contributed by atoms with Gasteiger partial charge in [0.15, 0.2) is 0 Å². The lowest BCUT2D eigenvalue weighted by Gasteiger charge is -2.24. The predicted molar refractivity (Wildman–Crippen MR) is 69.1 cm³/mol. The van der Waals surface area contributed by atoms with Crippen molar-refractivity contribution in [2.45, 2.75) is 45.7 Å². The second kappa shape index (κ2) is 6.73. The molecular formula is C13H24N2O3. The van der Waals surface area contributed by atoms with Gasteiger partial charge in [-0.3, -0.25) is 9.59 Å². The zero-order chi connectivity index (χ0) is 13.7. The van der Waals surface area contributed by atoms with Crippen LogP contribution in [-0.2, 0) is 14.3 Å². The van der Waals surface area contributed by atoms with Gasteiger partial charge in [-0.2, -0.15) is 0 Å². The third-order valence-electron chi connectivity index (χ3n) is 3.47. The number of nitrogens with one attached hydrogen (secondary N) is 1. The Kier molecular flexibility index (Phi) is 5.59. The van der Waals surface area contributed by atoms with Crippen LogP contribution in [0.5, 0.6) is 0 Å². The van der Waals surface area contributed by atoms with E-state index >= 15 is 0 Å². The fourth-order valence-corrected chi connectivity index (χ4v) is 2.13. The summed E-state index contributed by atoms with van der Waals surface area (Å²) in [4.78, 5) is 25.6. The summed E-state index contributed by atoms with van der Waals surface area (Å²) in [6, 6.07) is 0.196.